The third-order valence-electron chi connectivity index (χ3n) is 7.13. The fraction of sp³-hybridized carbons (Fsp3) is 1.00. The van der Waals surface area contributed by atoms with E-state index in [9.17, 15) is 10.2 Å². The van der Waals surface area contributed by atoms with E-state index >= 15 is 0 Å². The van der Waals surface area contributed by atoms with E-state index in [1.165, 1.54) is 25.7 Å². The highest BCUT2D eigenvalue weighted by atomic mass is 16.3. The Morgan fingerprint density at radius 2 is 1.76 bits per heavy atom. The SMILES string of the molecule is C[C@]1(CO)CCC[C@]2(C)[C@H]3CC[C@]2(C)[C@H](O)[C@H]31. The normalized spacial score (nSPS) is 61.6. The van der Waals surface area contributed by atoms with Gasteiger partial charge in [-0.25, -0.2) is 0 Å². The first-order chi connectivity index (χ1) is 7.89. The lowest BCUT2D eigenvalue weighted by Gasteiger charge is -2.45. The van der Waals surface area contributed by atoms with Crippen molar-refractivity contribution >= 4 is 0 Å². The van der Waals surface area contributed by atoms with Gasteiger partial charge in [-0.2, -0.15) is 0 Å². The lowest BCUT2D eigenvalue weighted by Crippen LogP contribution is -2.46. The topological polar surface area (TPSA) is 40.5 Å². The van der Waals surface area contributed by atoms with E-state index in [1.807, 2.05) is 0 Å². The second kappa shape index (κ2) is 3.27. The molecule has 98 valence electrons. The molecule has 0 saturated heterocycles. The van der Waals surface area contributed by atoms with Gasteiger partial charge in [0.05, 0.1) is 6.10 Å². The summed E-state index contributed by atoms with van der Waals surface area (Å²) in [5, 5.41) is 20.6. The number of rotatable bonds is 1. The maximum absolute atomic E-state index is 10.8. The maximum Gasteiger partial charge on any atom is 0.0636 e. The monoisotopic (exact) mass is 238 g/mol. The first kappa shape index (κ1) is 12.0. The van der Waals surface area contributed by atoms with Gasteiger partial charge in [-0.05, 0) is 53.8 Å². The standard InChI is InChI=1S/C15H26O2/c1-13(9-16)6-4-7-14(2)10-5-8-15(14,3)12(17)11(10)13/h10-12,16-17H,4-9H2,1-3H3/t10-,11-,12+,13+,14+,15+/m0/s1. The van der Waals surface area contributed by atoms with Crippen molar-refractivity contribution in [2.24, 2.45) is 28.1 Å². The van der Waals surface area contributed by atoms with Crippen molar-refractivity contribution in [1.29, 1.82) is 0 Å². The molecule has 3 aliphatic rings. The first-order valence-electron chi connectivity index (χ1n) is 7.18. The molecule has 0 heterocycles. The Hall–Kier alpha value is -0.0800. The molecule has 3 aliphatic carbocycles. The van der Waals surface area contributed by atoms with Crippen molar-refractivity contribution in [2.45, 2.75) is 59.0 Å². The van der Waals surface area contributed by atoms with Crippen molar-refractivity contribution in [3.05, 3.63) is 0 Å². The highest BCUT2D eigenvalue weighted by molar-refractivity contribution is 5.19. The van der Waals surface area contributed by atoms with E-state index in [-0.39, 0.29) is 23.5 Å². The van der Waals surface area contributed by atoms with Crippen molar-refractivity contribution in [2.75, 3.05) is 6.61 Å². The lowest BCUT2D eigenvalue weighted by atomic mass is 9.62. The van der Waals surface area contributed by atoms with Gasteiger partial charge < -0.3 is 10.2 Å². The minimum atomic E-state index is -0.205. The Morgan fingerprint density at radius 3 is 2.41 bits per heavy atom. The van der Waals surface area contributed by atoms with Gasteiger partial charge in [0.15, 0.2) is 0 Å². The summed E-state index contributed by atoms with van der Waals surface area (Å²) in [7, 11) is 0. The maximum atomic E-state index is 10.8. The van der Waals surface area contributed by atoms with Gasteiger partial charge in [0.25, 0.3) is 0 Å². The second-order valence-electron chi connectivity index (χ2n) is 7.62. The average molecular weight is 238 g/mol. The molecule has 0 aliphatic heterocycles. The van der Waals surface area contributed by atoms with Crippen LogP contribution < -0.4 is 0 Å². The van der Waals surface area contributed by atoms with Crippen molar-refractivity contribution < 1.29 is 10.2 Å². The first-order valence-corrected chi connectivity index (χ1v) is 7.18. The van der Waals surface area contributed by atoms with E-state index in [2.05, 4.69) is 20.8 Å². The molecular formula is C15H26O2. The number of aliphatic hydroxyl groups excluding tert-OH is 2. The molecule has 4 bridgehead atoms. The smallest absolute Gasteiger partial charge is 0.0636 e. The minimum Gasteiger partial charge on any atom is -0.396 e. The van der Waals surface area contributed by atoms with Crippen LogP contribution in [0.5, 0.6) is 0 Å². The molecule has 0 radical (unpaired) electrons. The van der Waals surface area contributed by atoms with Gasteiger partial charge in [-0.15, -0.1) is 0 Å². The molecule has 2 nitrogen and oxygen atoms in total. The molecule has 0 aromatic heterocycles. The van der Waals surface area contributed by atoms with E-state index in [4.69, 9.17) is 0 Å². The molecule has 2 N–H and O–H groups in total. The lowest BCUT2D eigenvalue weighted by molar-refractivity contribution is -0.0768. The summed E-state index contributed by atoms with van der Waals surface area (Å²) in [6.07, 6.45) is 5.74. The molecule has 6 atom stereocenters. The average Bonchev–Trinajstić information content (AvgIpc) is 2.57. The Kier molecular flexibility index (Phi) is 2.30. The van der Waals surface area contributed by atoms with Crippen LogP contribution in [0.4, 0.5) is 0 Å². The zero-order valence-corrected chi connectivity index (χ0v) is 11.4. The Morgan fingerprint density at radius 1 is 1.06 bits per heavy atom. The van der Waals surface area contributed by atoms with Crippen molar-refractivity contribution in [3.8, 4) is 0 Å². The van der Waals surface area contributed by atoms with Crippen LogP contribution in [0.1, 0.15) is 52.9 Å². The summed E-state index contributed by atoms with van der Waals surface area (Å²) >= 11 is 0. The fourth-order valence-electron chi connectivity index (χ4n) is 5.71. The summed E-state index contributed by atoms with van der Waals surface area (Å²) in [5.41, 5.74) is 0.350. The number of aliphatic hydroxyl groups is 2. The number of hydrogen-bond acceptors (Lipinski definition) is 2. The molecule has 0 aromatic rings. The molecule has 3 saturated carbocycles. The quantitative estimate of drug-likeness (QED) is 0.737. The molecule has 2 heteroatoms. The molecule has 0 unspecified atom stereocenters. The molecule has 3 rings (SSSR count). The highest BCUT2D eigenvalue weighted by Gasteiger charge is 2.71. The predicted molar refractivity (Wildman–Crippen MR) is 67.5 cm³/mol. The molecule has 3 fully saturated rings. The molecule has 0 amide bonds. The fourth-order valence-corrected chi connectivity index (χ4v) is 5.71. The van der Waals surface area contributed by atoms with Gasteiger partial charge in [0.1, 0.15) is 0 Å². The predicted octanol–water partition coefficient (Wildman–Crippen LogP) is 2.58. The summed E-state index contributed by atoms with van der Waals surface area (Å²) < 4.78 is 0. The highest BCUT2D eigenvalue weighted by Crippen LogP contribution is 2.74. The molecule has 17 heavy (non-hydrogen) atoms. The Balaban J connectivity index is 2.10. The van der Waals surface area contributed by atoms with Gasteiger partial charge in [0, 0.05) is 6.61 Å². The van der Waals surface area contributed by atoms with Crippen LogP contribution in [0.25, 0.3) is 0 Å². The van der Waals surface area contributed by atoms with E-state index in [1.54, 1.807) is 0 Å². The Labute approximate surface area is 104 Å². The second-order valence-corrected chi connectivity index (χ2v) is 7.62. The number of hydrogen-bond donors (Lipinski definition) is 2. The third-order valence-corrected chi connectivity index (χ3v) is 7.13. The van der Waals surface area contributed by atoms with Gasteiger partial charge in [0.2, 0.25) is 0 Å². The Bertz CT molecular complexity index is 342. The van der Waals surface area contributed by atoms with Gasteiger partial charge >= 0.3 is 0 Å². The zero-order valence-electron chi connectivity index (χ0n) is 11.4. The molecular weight excluding hydrogens is 212 g/mol. The largest absolute Gasteiger partial charge is 0.396 e. The van der Waals surface area contributed by atoms with Crippen LogP contribution in [-0.2, 0) is 0 Å². The van der Waals surface area contributed by atoms with Crippen molar-refractivity contribution in [3.63, 3.8) is 0 Å². The van der Waals surface area contributed by atoms with Crippen LogP contribution in [0.15, 0.2) is 0 Å². The summed E-state index contributed by atoms with van der Waals surface area (Å²) in [4.78, 5) is 0. The van der Waals surface area contributed by atoms with Crippen molar-refractivity contribution in [1.82, 2.24) is 0 Å². The minimum absolute atomic E-state index is 0.0555. The van der Waals surface area contributed by atoms with Crippen LogP contribution >= 0.6 is 0 Å². The van der Waals surface area contributed by atoms with Crippen LogP contribution in [0.2, 0.25) is 0 Å². The van der Waals surface area contributed by atoms with E-state index in [0.717, 1.165) is 6.42 Å². The summed E-state index contributed by atoms with van der Waals surface area (Å²) in [6.45, 7) is 7.12. The molecule has 0 spiro atoms. The van der Waals surface area contributed by atoms with Gasteiger partial charge in [-0.3, -0.25) is 0 Å². The zero-order chi connectivity index (χ0) is 12.5. The van der Waals surface area contributed by atoms with E-state index in [0.29, 0.717) is 17.3 Å². The van der Waals surface area contributed by atoms with Crippen LogP contribution in [0, 0.1) is 28.1 Å². The summed E-state index contributed by atoms with van der Waals surface area (Å²) in [5.74, 6) is 0.945. The van der Waals surface area contributed by atoms with Crippen LogP contribution in [0.3, 0.4) is 0 Å². The molecule has 0 aromatic carbocycles. The third kappa shape index (κ3) is 1.14. The van der Waals surface area contributed by atoms with Crippen LogP contribution in [-0.4, -0.2) is 22.9 Å². The van der Waals surface area contributed by atoms with Gasteiger partial charge in [-0.1, -0.05) is 27.2 Å². The summed E-state index contributed by atoms with van der Waals surface area (Å²) in [6, 6.07) is 0. The van der Waals surface area contributed by atoms with E-state index < -0.39 is 0 Å².